The Morgan fingerprint density at radius 3 is 2.64 bits per heavy atom. The lowest BCUT2D eigenvalue weighted by atomic mass is 10.0. The highest BCUT2D eigenvalue weighted by molar-refractivity contribution is 7.86. The molecule has 4 aromatic rings. The smallest absolute Gasteiger partial charge is 0.152 e. The minimum Gasteiger partial charge on any atom is -0.370 e. The number of nitrogens with one attached hydrogen (secondary N) is 1. The maximum atomic E-state index is 13.1. The predicted molar refractivity (Wildman–Crippen MR) is 150 cm³/mol. The Morgan fingerprint density at radius 1 is 0.972 bits per heavy atom. The molecule has 1 unspecified atom stereocenters. The van der Waals surface area contributed by atoms with Gasteiger partial charge < -0.3 is 9.62 Å². The molecule has 0 amide bonds. The molecule has 5 rings (SSSR count). The quantitative estimate of drug-likeness (QED) is 0.348. The molecule has 5 nitrogen and oxygen atoms in total. The highest BCUT2D eigenvalue weighted by Gasteiger charge is 2.18. The van der Waals surface area contributed by atoms with Gasteiger partial charge in [0.15, 0.2) is 11.0 Å². The topological polar surface area (TPSA) is 48.5 Å². The van der Waals surface area contributed by atoms with E-state index >= 15 is 0 Å². The molecule has 0 aliphatic carbocycles. The summed E-state index contributed by atoms with van der Waals surface area (Å²) in [4.78, 5) is 10.0. The highest BCUT2D eigenvalue weighted by atomic mass is 32.2. The van der Waals surface area contributed by atoms with E-state index in [0.29, 0.717) is 4.90 Å². The van der Waals surface area contributed by atoms with Gasteiger partial charge in [0.05, 0.1) is 10.4 Å². The molecule has 3 aromatic carbocycles. The number of aryl methyl sites for hydroxylation is 1. The summed E-state index contributed by atoms with van der Waals surface area (Å²) < 4.78 is 16.3. The Labute approximate surface area is 216 Å². The molecule has 0 saturated carbocycles. The van der Waals surface area contributed by atoms with E-state index in [1.165, 1.54) is 5.56 Å². The van der Waals surface area contributed by atoms with Gasteiger partial charge in [0, 0.05) is 61.3 Å². The molecule has 1 saturated heterocycles. The van der Waals surface area contributed by atoms with Crippen LogP contribution in [0.5, 0.6) is 0 Å². The number of aromatic nitrogens is 1. The van der Waals surface area contributed by atoms with Gasteiger partial charge in [-0.15, -0.1) is 0 Å². The molecule has 1 aliphatic rings. The van der Waals surface area contributed by atoms with E-state index in [1.807, 2.05) is 36.4 Å². The second kappa shape index (κ2) is 11.1. The van der Waals surface area contributed by atoms with Gasteiger partial charge in [0.1, 0.15) is 0 Å². The SMILES string of the molecule is C=C(c1ccc(NS(=O)c2cccc3cccnc23)cc1C)N1CCCN(Cc2ccccc2)CC1. The van der Waals surface area contributed by atoms with Gasteiger partial charge in [-0.05, 0) is 48.7 Å². The van der Waals surface area contributed by atoms with E-state index in [1.54, 1.807) is 6.20 Å². The molecule has 184 valence electrons. The normalized spacial score (nSPS) is 15.4. The van der Waals surface area contributed by atoms with Crippen molar-refractivity contribution in [2.45, 2.75) is 24.8 Å². The summed E-state index contributed by atoms with van der Waals surface area (Å²) in [6.07, 6.45) is 2.85. The Kier molecular flexibility index (Phi) is 7.44. The van der Waals surface area contributed by atoms with Crippen LogP contribution in [0.4, 0.5) is 5.69 Å². The van der Waals surface area contributed by atoms with Crippen LogP contribution in [0.15, 0.2) is 96.5 Å². The first kappa shape index (κ1) is 24.2. The number of hydrogen-bond acceptors (Lipinski definition) is 4. The molecule has 0 bridgehead atoms. The van der Waals surface area contributed by atoms with Gasteiger partial charge in [-0.2, -0.15) is 0 Å². The number of anilines is 1. The van der Waals surface area contributed by atoms with Crippen molar-refractivity contribution < 1.29 is 4.21 Å². The summed E-state index contributed by atoms with van der Waals surface area (Å²) in [6.45, 7) is 11.6. The number of rotatable bonds is 7. The van der Waals surface area contributed by atoms with Crippen LogP contribution >= 0.6 is 0 Å². The van der Waals surface area contributed by atoms with Crippen molar-refractivity contribution >= 4 is 33.3 Å². The lowest BCUT2D eigenvalue weighted by Crippen LogP contribution is -2.29. The first-order valence-corrected chi connectivity index (χ1v) is 13.6. The van der Waals surface area contributed by atoms with Crippen LogP contribution in [0.25, 0.3) is 16.6 Å². The van der Waals surface area contributed by atoms with Crippen molar-refractivity contribution in [3.8, 4) is 0 Å². The fraction of sp³-hybridized carbons (Fsp3) is 0.233. The van der Waals surface area contributed by atoms with E-state index in [-0.39, 0.29) is 0 Å². The largest absolute Gasteiger partial charge is 0.370 e. The first-order chi connectivity index (χ1) is 17.6. The zero-order valence-corrected chi connectivity index (χ0v) is 21.5. The molecular weight excluding hydrogens is 464 g/mol. The van der Waals surface area contributed by atoms with E-state index < -0.39 is 11.0 Å². The Hall–Kier alpha value is -3.48. The average Bonchev–Trinajstić information content (AvgIpc) is 3.14. The Morgan fingerprint density at radius 2 is 1.81 bits per heavy atom. The second-order valence-corrected chi connectivity index (χ2v) is 10.5. The lowest BCUT2D eigenvalue weighted by molar-refractivity contribution is 0.276. The van der Waals surface area contributed by atoms with Gasteiger partial charge in [0.25, 0.3) is 0 Å². The molecule has 0 radical (unpaired) electrons. The molecule has 1 fully saturated rings. The Balaban J connectivity index is 1.24. The number of benzene rings is 3. The molecular formula is C30H32N4OS. The molecule has 2 heterocycles. The molecule has 1 atom stereocenters. The van der Waals surface area contributed by atoms with Crippen molar-refractivity contribution in [3.05, 3.63) is 108 Å². The molecule has 0 spiro atoms. The average molecular weight is 497 g/mol. The van der Waals surface area contributed by atoms with Gasteiger partial charge in [-0.3, -0.25) is 9.88 Å². The van der Waals surface area contributed by atoms with Crippen LogP contribution in [0.1, 0.15) is 23.1 Å². The van der Waals surface area contributed by atoms with Crippen LogP contribution < -0.4 is 4.72 Å². The van der Waals surface area contributed by atoms with Crippen molar-refractivity contribution in [1.82, 2.24) is 14.8 Å². The fourth-order valence-corrected chi connectivity index (χ4v) is 5.85. The number of para-hydroxylation sites is 1. The first-order valence-electron chi connectivity index (χ1n) is 12.4. The third-order valence-electron chi connectivity index (χ3n) is 6.76. The number of hydrogen-bond donors (Lipinski definition) is 1. The van der Waals surface area contributed by atoms with Gasteiger partial charge >= 0.3 is 0 Å². The monoisotopic (exact) mass is 496 g/mol. The minimum atomic E-state index is -1.41. The maximum absolute atomic E-state index is 13.1. The summed E-state index contributed by atoms with van der Waals surface area (Å²) in [5.41, 5.74) is 6.24. The van der Waals surface area contributed by atoms with Crippen LogP contribution in [-0.4, -0.2) is 45.2 Å². The lowest BCUT2D eigenvalue weighted by Gasteiger charge is -2.27. The predicted octanol–water partition coefficient (Wildman–Crippen LogP) is 5.86. The van der Waals surface area contributed by atoms with Crippen molar-refractivity contribution in [1.29, 1.82) is 0 Å². The summed E-state index contributed by atoms with van der Waals surface area (Å²) in [6, 6.07) is 26.5. The summed E-state index contributed by atoms with van der Waals surface area (Å²) in [7, 11) is -1.41. The summed E-state index contributed by atoms with van der Waals surface area (Å²) in [5.74, 6) is 0. The number of fused-ring (bicyclic) bond motifs is 1. The standard InChI is InChI=1S/C30H32N4OS/c1-23-21-27(32-36(35)29-13-6-11-26-12-7-16-31-30(26)29)14-15-28(23)24(2)34-18-8-17-33(19-20-34)22-25-9-4-3-5-10-25/h3-7,9-16,21,32H,2,8,17-20,22H2,1H3. The summed E-state index contributed by atoms with van der Waals surface area (Å²) >= 11 is 0. The van der Waals surface area contributed by atoms with E-state index in [2.05, 4.69) is 75.5 Å². The Bertz CT molecular complexity index is 1380. The molecule has 1 N–H and O–H groups in total. The fourth-order valence-electron chi connectivity index (χ4n) is 4.85. The van der Waals surface area contributed by atoms with Crippen LogP contribution in [0.3, 0.4) is 0 Å². The number of nitrogens with zero attached hydrogens (tertiary/aromatic N) is 3. The second-order valence-electron chi connectivity index (χ2n) is 9.28. The van der Waals surface area contributed by atoms with E-state index in [4.69, 9.17) is 0 Å². The van der Waals surface area contributed by atoms with E-state index in [9.17, 15) is 4.21 Å². The zero-order chi connectivity index (χ0) is 24.9. The third-order valence-corrected chi connectivity index (χ3v) is 7.91. The highest BCUT2D eigenvalue weighted by Crippen LogP contribution is 2.27. The van der Waals surface area contributed by atoms with Crippen LogP contribution in [0, 0.1) is 6.92 Å². The van der Waals surface area contributed by atoms with Crippen molar-refractivity contribution in [3.63, 3.8) is 0 Å². The van der Waals surface area contributed by atoms with Crippen LogP contribution in [0.2, 0.25) is 0 Å². The summed E-state index contributed by atoms with van der Waals surface area (Å²) in [5, 5.41) is 0.979. The van der Waals surface area contributed by atoms with Gasteiger partial charge in [-0.1, -0.05) is 61.2 Å². The molecule has 6 heteroatoms. The van der Waals surface area contributed by atoms with Crippen molar-refractivity contribution in [2.75, 3.05) is 30.9 Å². The van der Waals surface area contributed by atoms with Crippen molar-refractivity contribution in [2.24, 2.45) is 0 Å². The van der Waals surface area contributed by atoms with Gasteiger partial charge in [-0.25, -0.2) is 4.21 Å². The zero-order valence-electron chi connectivity index (χ0n) is 20.7. The third kappa shape index (κ3) is 5.50. The van der Waals surface area contributed by atoms with Gasteiger partial charge in [0.2, 0.25) is 0 Å². The van der Waals surface area contributed by atoms with E-state index in [0.717, 1.165) is 72.6 Å². The molecule has 1 aromatic heterocycles. The number of pyridine rings is 1. The minimum absolute atomic E-state index is 0.684. The molecule has 36 heavy (non-hydrogen) atoms. The maximum Gasteiger partial charge on any atom is 0.152 e. The van der Waals surface area contributed by atoms with Crippen LogP contribution in [-0.2, 0) is 17.5 Å². The molecule has 1 aliphatic heterocycles.